The first-order chi connectivity index (χ1) is 9.89. The molecule has 1 aromatic rings. The summed E-state index contributed by atoms with van der Waals surface area (Å²) >= 11 is 0. The Labute approximate surface area is 122 Å². The molecule has 0 bridgehead atoms. The average Bonchev–Trinajstić information content (AvgIpc) is 2.43. The first-order valence-electron chi connectivity index (χ1n) is 6.60. The Kier molecular flexibility index (Phi) is 6.25. The van der Waals surface area contributed by atoms with Gasteiger partial charge in [0.2, 0.25) is 11.8 Å². The molecular weight excluding hydrogens is 278 g/mol. The molecule has 0 saturated heterocycles. The van der Waals surface area contributed by atoms with Gasteiger partial charge in [-0.05, 0) is 13.8 Å². The van der Waals surface area contributed by atoms with E-state index in [9.17, 15) is 15.2 Å². The Morgan fingerprint density at radius 1 is 1.52 bits per heavy atom. The van der Waals surface area contributed by atoms with E-state index in [-0.39, 0.29) is 18.1 Å². The summed E-state index contributed by atoms with van der Waals surface area (Å²) in [5.41, 5.74) is -1.30. The normalized spacial score (nSPS) is 13.5. The van der Waals surface area contributed by atoms with Crippen molar-refractivity contribution in [3.8, 4) is 0 Å². The molecule has 9 nitrogen and oxygen atoms in total. The molecule has 118 valence electrons. The summed E-state index contributed by atoms with van der Waals surface area (Å²) in [7, 11) is 1.54. The largest absolute Gasteiger partial charge is 0.388 e. The second-order valence-electron chi connectivity index (χ2n) is 4.81. The van der Waals surface area contributed by atoms with E-state index in [4.69, 9.17) is 4.74 Å². The molecule has 0 radical (unpaired) electrons. The Morgan fingerprint density at radius 3 is 2.81 bits per heavy atom. The van der Waals surface area contributed by atoms with E-state index in [1.165, 1.54) is 0 Å². The van der Waals surface area contributed by atoms with Crippen LogP contribution in [0.4, 0.5) is 17.5 Å². The molecule has 1 aromatic heterocycles. The zero-order valence-electron chi connectivity index (χ0n) is 12.4. The summed E-state index contributed by atoms with van der Waals surface area (Å²) in [5.74, 6) is 0.366. The number of aliphatic hydroxyl groups is 1. The molecule has 1 unspecified atom stereocenters. The van der Waals surface area contributed by atoms with E-state index >= 15 is 0 Å². The third kappa shape index (κ3) is 5.48. The number of nitrogens with zero attached hydrogens (tertiary/aromatic N) is 3. The van der Waals surface area contributed by atoms with Gasteiger partial charge >= 0.3 is 5.69 Å². The molecule has 0 aliphatic heterocycles. The van der Waals surface area contributed by atoms with Crippen LogP contribution in [-0.2, 0) is 4.74 Å². The third-order valence-corrected chi connectivity index (χ3v) is 2.78. The van der Waals surface area contributed by atoms with Gasteiger partial charge < -0.3 is 20.5 Å². The van der Waals surface area contributed by atoms with Crippen LogP contribution in [0.1, 0.15) is 20.3 Å². The number of hydrogen-bond donors (Lipinski definition) is 3. The fraction of sp³-hybridized carbons (Fsp3) is 0.667. The third-order valence-electron chi connectivity index (χ3n) is 2.78. The second-order valence-corrected chi connectivity index (χ2v) is 4.81. The van der Waals surface area contributed by atoms with Crippen molar-refractivity contribution in [2.75, 3.05) is 37.4 Å². The van der Waals surface area contributed by atoms with Gasteiger partial charge in [-0.3, -0.25) is 10.1 Å². The van der Waals surface area contributed by atoms with Gasteiger partial charge in [0.25, 0.3) is 0 Å². The highest BCUT2D eigenvalue weighted by molar-refractivity contribution is 5.57. The summed E-state index contributed by atoms with van der Waals surface area (Å²) < 4.78 is 4.91. The molecule has 0 amide bonds. The fourth-order valence-electron chi connectivity index (χ4n) is 1.57. The number of anilines is 2. The van der Waals surface area contributed by atoms with Gasteiger partial charge in [0.05, 0.1) is 10.5 Å². The highest BCUT2D eigenvalue weighted by atomic mass is 16.6. The Bertz CT molecular complexity index is 481. The molecule has 1 atom stereocenters. The summed E-state index contributed by atoms with van der Waals surface area (Å²) in [5, 5.41) is 26.8. The van der Waals surface area contributed by atoms with Gasteiger partial charge in [-0.2, -0.15) is 4.98 Å². The molecule has 0 aliphatic carbocycles. The van der Waals surface area contributed by atoms with Gasteiger partial charge in [-0.15, -0.1) is 0 Å². The van der Waals surface area contributed by atoms with Crippen LogP contribution in [-0.4, -0.2) is 52.4 Å². The van der Waals surface area contributed by atoms with Crippen molar-refractivity contribution in [1.82, 2.24) is 9.97 Å². The zero-order chi connectivity index (χ0) is 15.9. The molecule has 0 spiro atoms. The minimum atomic E-state index is -1.06. The second kappa shape index (κ2) is 7.70. The number of ether oxygens (including phenoxy) is 1. The van der Waals surface area contributed by atoms with Gasteiger partial charge in [0.15, 0.2) is 0 Å². The summed E-state index contributed by atoms with van der Waals surface area (Å²) in [6, 6.07) is 0. The van der Waals surface area contributed by atoms with Gasteiger partial charge in [0.1, 0.15) is 6.20 Å². The number of aromatic nitrogens is 2. The van der Waals surface area contributed by atoms with Crippen LogP contribution in [0.3, 0.4) is 0 Å². The maximum atomic E-state index is 11.0. The van der Waals surface area contributed by atoms with Crippen LogP contribution >= 0.6 is 0 Å². The topological polar surface area (TPSA) is 122 Å². The van der Waals surface area contributed by atoms with Crippen LogP contribution in [0.5, 0.6) is 0 Å². The SMILES string of the molecule is CCNc1ncc([N+](=O)[O-])c(NCC(C)(O)CCOC)n1. The standard InChI is InChI=1S/C12H21N5O4/c1-4-13-11-14-7-9(17(19)20)10(16-11)15-8-12(2,18)5-6-21-3/h7,18H,4-6,8H2,1-3H3,(H2,13,14,15,16). The lowest BCUT2D eigenvalue weighted by molar-refractivity contribution is -0.384. The number of rotatable bonds is 9. The summed E-state index contributed by atoms with van der Waals surface area (Å²) in [6.45, 7) is 4.59. The number of hydrogen-bond acceptors (Lipinski definition) is 8. The minimum absolute atomic E-state index is 0.0728. The molecule has 0 aromatic carbocycles. The van der Waals surface area contributed by atoms with Crippen molar-refractivity contribution in [3.63, 3.8) is 0 Å². The molecule has 0 aliphatic rings. The van der Waals surface area contributed by atoms with Gasteiger partial charge in [-0.25, -0.2) is 4.98 Å². The lowest BCUT2D eigenvalue weighted by atomic mass is 10.0. The van der Waals surface area contributed by atoms with Crippen LogP contribution in [0, 0.1) is 10.1 Å². The molecule has 1 rings (SSSR count). The average molecular weight is 299 g/mol. The maximum Gasteiger partial charge on any atom is 0.329 e. The number of methoxy groups -OCH3 is 1. The number of nitro groups is 1. The van der Waals surface area contributed by atoms with Crippen LogP contribution < -0.4 is 10.6 Å². The summed E-state index contributed by atoms with van der Waals surface area (Å²) in [4.78, 5) is 18.3. The van der Waals surface area contributed by atoms with Crippen molar-refractivity contribution in [2.45, 2.75) is 25.9 Å². The smallest absolute Gasteiger partial charge is 0.329 e. The van der Waals surface area contributed by atoms with Crippen molar-refractivity contribution < 1.29 is 14.8 Å². The van der Waals surface area contributed by atoms with Crippen molar-refractivity contribution in [2.24, 2.45) is 0 Å². The van der Waals surface area contributed by atoms with Crippen LogP contribution in [0.15, 0.2) is 6.20 Å². The van der Waals surface area contributed by atoms with E-state index in [0.717, 1.165) is 6.20 Å². The van der Waals surface area contributed by atoms with E-state index in [0.29, 0.717) is 25.5 Å². The molecule has 3 N–H and O–H groups in total. The Hall–Kier alpha value is -2.00. The molecule has 0 fully saturated rings. The zero-order valence-corrected chi connectivity index (χ0v) is 12.4. The Balaban J connectivity index is 2.84. The van der Waals surface area contributed by atoms with E-state index in [1.54, 1.807) is 14.0 Å². The highest BCUT2D eigenvalue weighted by Gasteiger charge is 2.23. The highest BCUT2D eigenvalue weighted by Crippen LogP contribution is 2.23. The monoisotopic (exact) mass is 299 g/mol. The van der Waals surface area contributed by atoms with Crippen molar-refractivity contribution in [1.29, 1.82) is 0 Å². The van der Waals surface area contributed by atoms with Crippen LogP contribution in [0.2, 0.25) is 0 Å². The predicted molar refractivity (Wildman–Crippen MR) is 78.5 cm³/mol. The number of nitrogens with one attached hydrogen (secondary N) is 2. The van der Waals surface area contributed by atoms with Gasteiger partial charge in [-0.1, -0.05) is 0 Å². The molecule has 0 saturated carbocycles. The molecule has 21 heavy (non-hydrogen) atoms. The summed E-state index contributed by atoms with van der Waals surface area (Å²) in [6.07, 6.45) is 1.53. The Morgan fingerprint density at radius 2 is 2.24 bits per heavy atom. The fourth-order valence-corrected chi connectivity index (χ4v) is 1.57. The quantitative estimate of drug-likeness (QED) is 0.456. The molecule has 9 heteroatoms. The van der Waals surface area contributed by atoms with Crippen LogP contribution in [0.25, 0.3) is 0 Å². The first kappa shape index (κ1) is 17.1. The maximum absolute atomic E-state index is 11.0. The van der Waals surface area contributed by atoms with E-state index < -0.39 is 10.5 Å². The van der Waals surface area contributed by atoms with Crippen molar-refractivity contribution in [3.05, 3.63) is 16.3 Å². The van der Waals surface area contributed by atoms with E-state index in [1.807, 2.05) is 6.92 Å². The molecular formula is C12H21N5O4. The van der Waals surface area contributed by atoms with E-state index in [2.05, 4.69) is 20.6 Å². The van der Waals surface area contributed by atoms with Crippen molar-refractivity contribution >= 4 is 17.5 Å². The molecule has 1 heterocycles. The minimum Gasteiger partial charge on any atom is -0.388 e. The van der Waals surface area contributed by atoms with Gasteiger partial charge in [0, 0.05) is 33.2 Å². The lowest BCUT2D eigenvalue weighted by Gasteiger charge is -2.23. The predicted octanol–water partition coefficient (Wildman–Crippen LogP) is 1.02. The lowest BCUT2D eigenvalue weighted by Crippen LogP contribution is -2.35. The first-order valence-corrected chi connectivity index (χ1v) is 6.60.